The van der Waals surface area contributed by atoms with Gasteiger partial charge in [0.15, 0.2) is 0 Å². The van der Waals surface area contributed by atoms with Crippen molar-refractivity contribution in [1.29, 1.82) is 0 Å². The lowest BCUT2D eigenvalue weighted by atomic mass is 10.3. The molecule has 25 heavy (non-hydrogen) atoms. The van der Waals surface area contributed by atoms with Crippen LogP contribution in [-0.4, -0.2) is 41.2 Å². The molecule has 3 heterocycles. The molecule has 0 fully saturated rings. The van der Waals surface area contributed by atoms with Crippen LogP contribution in [0, 0.1) is 0 Å². The highest BCUT2D eigenvalue weighted by atomic mass is 79.9. The Balaban J connectivity index is 1.57. The van der Waals surface area contributed by atoms with Crippen LogP contribution in [-0.2, 0) is 10.0 Å². The second-order valence-corrected chi connectivity index (χ2v) is 7.94. The number of hydrogen-bond donors (Lipinski definition) is 2. The third-order valence-electron chi connectivity index (χ3n) is 3.30. The maximum Gasteiger partial charge on any atom is 0.252 e. The fraction of sp³-hybridized carbons (Fsp3) is 0.133. The van der Waals surface area contributed by atoms with Crippen molar-refractivity contribution in [2.75, 3.05) is 17.0 Å². The minimum Gasteiger partial charge on any atom is -0.351 e. The molecule has 1 amide bonds. The largest absolute Gasteiger partial charge is 0.351 e. The number of carbonyl (C=O) groups is 1. The van der Waals surface area contributed by atoms with Gasteiger partial charge in [0.1, 0.15) is 0 Å². The van der Waals surface area contributed by atoms with Crippen LogP contribution in [0.4, 0.5) is 5.69 Å². The number of pyridine rings is 2. The number of halogens is 1. The Morgan fingerprint density at radius 1 is 1.24 bits per heavy atom. The average molecular weight is 424 g/mol. The molecular formula is C15H14BrN5O3S. The lowest BCUT2D eigenvalue weighted by molar-refractivity contribution is 0.0955. The second kappa shape index (κ2) is 7.19. The Bertz CT molecular complexity index is 1020. The van der Waals surface area contributed by atoms with Crippen LogP contribution in [0.15, 0.2) is 53.5 Å². The second-order valence-electron chi connectivity index (χ2n) is 5.18. The first kappa shape index (κ1) is 17.4. The predicted molar refractivity (Wildman–Crippen MR) is 96.9 cm³/mol. The molecule has 3 aromatic heterocycles. The van der Waals surface area contributed by atoms with E-state index in [9.17, 15) is 13.2 Å². The van der Waals surface area contributed by atoms with Crippen LogP contribution in [0.5, 0.6) is 0 Å². The van der Waals surface area contributed by atoms with E-state index in [4.69, 9.17) is 0 Å². The summed E-state index contributed by atoms with van der Waals surface area (Å²) in [6.45, 7) is -0.0182. The summed E-state index contributed by atoms with van der Waals surface area (Å²) >= 11 is 3.23. The summed E-state index contributed by atoms with van der Waals surface area (Å²) in [5.74, 6) is -0.630. The predicted octanol–water partition coefficient (Wildman–Crippen LogP) is 1.66. The van der Waals surface area contributed by atoms with Crippen molar-refractivity contribution in [2.45, 2.75) is 0 Å². The SMILES string of the molecule is O=C(NCCS(=O)(=O)Nc1ccn2nccc2c1)c1cncc(Br)c1. The number of anilines is 1. The molecule has 3 rings (SSSR count). The van der Waals surface area contributed by atoms with E-state index in [0.29, 0.717) is 15.7 Å². The fourth-order valence-corrected chi connectivity index (χ4v) is 3.48. The zero-order chi connectivity index (χ0) is 17.9. The molecule has 10 heteroatoms. The maximum absolute atomic E-state index is 12.1. The van der Waals surface area contributed by atoms with Crippen LogP contribution in [0.3, 0.4) is 0 Å². The molecule has 0 bridgehead atoms. The number of rotatable bonds is 6. The molecule has 8 nitrogen and oxygen atoms in total. The maximum atomic E-state index is 12.1. The van der Waals surface area contributed by atoms with Crippen LogP contribution in [0.25, 0.3) is 5.52 Å². The van der Waals surface area contributed by atoms with Crippen LogP contribution in [0.1, 0.15) is 10.4 Å². The van der Waals surface area contributed by atoms with Gasteiger partial charge in [0.2, 0.25) is 10.0 Å². The third-order valence-corrected chi connectivity index (χ3v) is 5.02. The van der Waals surface area contributed by atoms with Crippen molar-refractivity contribution >= 4 is 43.1 Å². The Kier molecular flexibility index (Phi) is 5.00. The molecule has 130 valence electrons. The molecule has 0 radical (unpaired) electrons. The standard InChI is InChI=1S/C15H14BrN5O3S/c16-12-7-11(9-17-10-12)15(22)18-4-6-25(23,24)20-13-2-5-21-14(8-13)1-3-19-21/h1-3,5,7-10,20H,4,6H2,(H,18,22). The molecule has 2 N–H and O–H groups in total. The molecule has 0 aliphatic heterocycles. The third kappa shape index (κ3) is 4.54. The molecule has 0 spiro atoms. The van der Waals surface area contributed by atoms with E-state index in [1.54, 1.807) is 47.4 Å². The van der Waals surface area contributed by atoms with Gasteiger partial charge in [0, 0.05) is 35.8 Å². The van der Waals surface area contributed by atoms with E-state index in [0.717, 1.165) is 5.52 Å². The topological polar surface area (TPSA) is 105 Å². The molecule has 0 unspecified atom stereocenters. The van der Waals surface area contributed by atoms with Gasteiger partial charge in [-0.15, -0.1) is 0 Å². The minimum absolute atomic E-state index is 0.0182. The van der Waals surface area contributed by atoms with E-state index in [2.05, 4.69) is 36.1 Å². The van der Waals surface area contributed by atoms with E-state index < -0.39 is 10.0 Å². The minimum atomic E-state index is -3.59. The molecule has 0 aliphatic rings. The van der Waals surface area contributed by atoms with Gasteiger partial charge in [-0.3, -0.25) is 14.5 Å². The molecule has 0 aliphatic carbocycles. The van der Waals surface area contributed by atoms with Crippen molar-refractivity contribution in [2.24, 2.45) is 0 Å². The van der Waals surface area contributed by atoms with Crippen LogP contribution in [0.2, 0.25) is 0 Å². The number of hydrogen-bond acceptors (Lipinski definition) is 5. The fourth-order valence-electron chi connectivity index (χ4n) is 2.15. The molecular weight excluding hydrogens is 410 g/mol. The monoisotopic (exact) mass is 423 g/mol. The van der Waals surface area contributed by atoms with Crippen molar-refractivity contribution in [3.8, 4) is 0 Å². The molecule has 0 saturated carbocycles. The number of amides is 1. The van der Waals surface area contributed by atoms with Gasteiger partial charge >= 0.3 is 0 Å². The van der Waals surface area contributed by atoms with E-state index in [1.807, 2.05) is 0 Å². The first-order valence-electron chi connectivity index (χ1n) is 7.26. The van der Waals surface area contributed by atoms with Crippen LogP contribution >= 0.6 is 15.9 Å². The molecule has 0 aromatic carbocycles. The number of nitrogens with one attached hydrogen (secondary N) is 2. The Labute approximate surface area is 152 Å². The van der Waals surface area contributed by atoms with Crippen molar-refractivity contribution in [3.05, 3.63) is 59.1 Å². The molecule has 3 aromatic rings. The van der Waals surface area contributed by atoms with Gasteiger partial charge in [-0.25, -0.2) is 12.9 Å². The van der Waals surface area contributed by atoms with E-state index >= 15 is 0 Å². The van der Waals surface area contributed by atoms with Gasteiger partial charge < -0.3 is 5.32 Å². The van der Waals surface area contributed by atoms with Gasteiger partial charge in [-0.2, -0.15) is 5.10 Å². The number of nitrogens with zero attached hydrogens (tertiary/aromatic N) is 3. The highest BCUT2D eigenvalue weighted by molar-refractivity contribution is 9.10. The summed E-state index contributed by atoms with van der Waals surface area (Å²) in [6, 6.07) is 6.67. The van der Waals surface area contributed by atoms with Gasteiger partial charge in [0.05, 0.1) is 22.5 Å². The van der Waals surface area contributed by atoms with Gasteiger partial charge in [0.25, 0.3) is 5.91 Å². The smallest absolute Gasteiger partial charge is 0.252 e. The lowest BCUT2D eigenvalue weighted by Crippen LogP contribution is -2.31. The summed E-state index contributed by atoms with van der Waals surface area (Å²) < 4.78 is 29.1. The quantitative estimate of drug-likeness (QED) is 0.626. The number of aromatic nitrogens is 3. The Hall–Kier alpha value is -2.46. The zero-order valence-electron chi connectivity index (χ0n) is 12.9. The first-order chi connectivity index (χ1) is 11.9. The number of carbonyl (C=O) groups excluding carboxylic acids is 1. The van der Waals surface area contributed by atoms with E-state index in [-0.39, 0.29) is 18.2 Å². The summed E-state index contributed by atoms with van der Waals surface area (Å²) in [5.41, 5.74) is 1.57. The first-order valence-corrected chi connectivity index (χ1v) is 9.70. The van der Waals surface area contributed by atoms with Crippen molar-refractivity contribution in [3.63, 3.8) is 0 Å². The van der Waals surface area contributed by atoms with Crippen molar-refractivity contribution < 1.29 is 13.2 Å². The summed E-state index contributed by atoms with van der Waals surface area (Å²) in [5, 5.41) is 6.60. The normalized spacial score (nSPS) is 11.4. The summed E-state index contributed by atoms with van der Waals surface area (Å²) in [7, 11) is -3.59. The van der Waals surface area contributed by atoms with Gasteiger partial charge in [-0.1, -0.05) is 0 Å². The van der Waals surface area contributed by atoms with Crippen molar-refractivity contribution in [1.82, 2.24) is 19.9 Å². The lowest BCUT2D eigenvalue weighted by Gasteiger charge is -2.09. The average Bonchev–Trinajstić information content (AvgIpc) is 3.01. The highest BCUT2D eigenvalue weighted by Gasteiger charge is 2.13. The van der Waals surface area contributed by atoms with Crippen LogP contribution < -0.4 is 10.0 Å². The summed E-state index contributed by atoms with van der Waals surface area (Å²) in [4.78, 5) is 15.9. The Morgan fingerprint density at radius 2 is 2.08 bits per heavy atom. The Morgan fingerprint density at radius 3 is 2.88 bits per heavy atom. The highest BCUT2D eigenvalue weighted by Crippen LogP contribution is 2.13. The molecule has 0 saturated heterocycles. The zero-order valence-corrected chi connectivity index (χ0v) is 15.3. The van der Waals surface area contributed by atoms with Gasteiger partial charge in [-0.05, 0) is 40.2 Å². The van der Waals surface area contributed by atoms with E-state index in [1.165, 1.54) is 6.20 Å². The molecule has 0 atom stereocenters. The number of fused-ring (bicyclic) bond motifs is 1. The number of sulfonamides is 1. The summed E-state index contributed by atoms with van der Waals surface area (Å²) in [6.07, 6.45) is 6.26.